The molecule has 0 aromatic heterocycles. The van der Waals surface area contributed by atoms with Crippen LogP contribution < -0.4 is 10.5 Å². The van der Waals surface area contributed by atoms with E-state index in [2.05, 4.69) is 15.9 Å². The lowest BCUT2D eigenvalue weighted by atomic mass is 9.98. The van der Waals surface area contributed by atoms with Crippen molar-refractivity contribution in [3.63, 3.8) is 0 Å². The van der Waals surface area contributed by atoms with Crippen molar-refractivity contribution in [3.8, 4) is 5.75 Å². The third kappa shape index (κ3) is 2.77. The molecule has 2 nitrogen and oxygen atoms in total. The van der Waals surface area contributed by atoms with E-state index < -0.39 is 17.7 Å². The van der Waals surface area contributed by atoms with Gasteiger partial charge in [-0.2, -0.15) is 0 Å². The summed E-state index contributed by atoms with van der Waals surface area (Å²) in [7, 11) is 1.50. The molecule has 0 aliphatic heterocycles. The Hall–Kier alpha value is -1.46. The quantitative estimate of drug-likeness (QED) is 0.931. The minimum absolute atomic E-state index is 0.0978. The van der Waals surface area contributed by atoms with Crippen LogP contribution >= 0.6 is 15.9 Å². The molecular formula is C14H12BrF2NO. The fourth-order valence-corrected chi connectivity index (χ4v) is 2.21. The van der Waals surface area contributed by atoms with Crippen LogP contribution in [0, 0.1) is 11.6 Å². The predicted octanol–water partition coefficient (Wildman–Crippen LogP) is 3.78. The van der Waals surface area contributed by atoms with E-state index in [-0.39, 0.29) is 5.56 Å². The lowest BCUT2D eigenvalue weighted by Crippen LogP contribution is -2.15. The molecule has 2 aromatic rings. The summed E-state index contributed by atoms with van der Waals surface area (Å²) in [5.41, 5.74) is 6.70. The summed E-state index contributed by atoms with van der Waals surface area (Å²) >= 11 is 3.31. The van der Waals surface area contributed by atoms with Gasteiger partial charge >= 0.3 is 0 Å². The zero-order chi connectivity index (χ0) is 14.0. The minimum atomic E-state index is -0.931. The van der Waals surface area contributed by atoms with Crippen LogP contribution in [0.25, 0.3) is 0 Å². The summed E-state index contributed by atoms with van der Waals surface area (Å²) in [5, 5.41) is 0. The number of ether oxygens (including phenoxy) is 1. The maximum absolute atomic E-state index is 13.7. The lowest BCUT2D eigenvalue weighted by molar-refractivity contribution is 0.406. The van der Waals surface area contributed by atoms with E-state index in [4.69, 9.17) is 10.5 Å². The van der Waals surface area contributed by atoms with Crippen molar-refractivity contribution >= 4 is 15.9 Å². The number of hydrogen-bond acceptors (Lipinski definition) is 2. The number of rotatable bonds is 3. The molecule has 0 saturated heterocycles. The van der Waals surface area contributed by atoms with E-state index in [1.54, 1.807) is 18.2 Å². The van der Waals surface area contributed by atoms with Crippen molar-refractivity contribution in [1.29, 1.82) is 0 Å². The molecule has 0 radical (unpaired) electrons. The Morgan fingerprint density at radius 2 is 1.89 bits per heavy atom. The highest BCUT2D eigenvalue weighted by Gasteiger charge is 2.19. The van der Waals surface area contributed by atoms with Crippen LogP contribution in [0.5, 0.6) is 5.75 Å². The normalized spacial score (nSPS) is 12.3. The van der Waals surface area contributed by atoms with Crippen LogP contribution in [0.4, 0.5) is 8.78 Å². The molecule has 2 rings (SSSR count). The molecule has 0 aliphatic carbocycles. The van der Waals surface area contributed by atoms with Gasteiger partial charge in [-0.1, -0.05) is 34.1 Å². The zero-order valence-electron chi connectivity index (χ0n) is 10.2. The summed E-state index contributed by atoms with van der Waals surface area (Å²) < 4.78 is 33.0. The van der Waals surface area contributed by atoms with Gasteiger partial charge in [0.05, 0.1) is 13.2 Å². The van der Waals surface area contributed by atoms with Gasteiger partial charge in [0.1, 0.15) is 5.75 Å². The number of halogens is 3. The molecular weight excluding hydrogens is 316 g/mol. The van der Waals surface area contributed by atoms with Crippen LogP contribution in [0.2, 0.25) is 0 Å². The molecule has 0 bridgehead atoms. The van der Waals surface area contributed by atoms with Crippen molar-refractivity contribution in [2.75, 3.05) is 7.11 Å². The van der Waals surface area contributed by atoms with E-state index >= 15 is 0 Å². The molecule has 0 amide bonds. The highest BCUT2D eigenvalue weighted by molar-refractivity contribution is 9.10. The summed E-state index contributed by atoms with van der Waals surface area (Å²) in [6.07, 6.45) is 0. The third-order valence-electron chi connectivity index (χ3n) is 2.85. The smallest absolute Gasteiger partial charge is 0.163 e. The molecule has 19 heavy (non-hydrogen) atoms. The number of nitrogens with two attached hydrogens (primary N) is 1. The van der Waals surface area contributed by atoms with Crippen molar-refractivity contribution in [2.45, 2.75) is 6.04 Å². The fraction of sp³-hybridized carbons (Fsp3) is 0.143. The molecule has 0 saturated carbocycles. The molecule has 0 aliphatic rings. The highest BCUT2D eigenvalue weighted by atomic mass is 79.9. The molecule has 2 N–H and O–H groups in total. The standard InChI is InChI=1S/C14H12BrF2NO/c1-19-12-7-8(15)5-6-9(12)14(18)10-3-2-4-11(16)13(10)17/h2-7,14H,18H2,1H3. The Morgan fingerprint density at radius 3 is 2.58 bits per heavy atom. The average molecular weight is 328 g/mol. The van der Waals surface area contributed by atoms with Gasteiger partial charge in [-0.25, -0.2) is 8.78 Å². The van der Waals surface area contributed by atoms with Crippen LogP contribution in [-0.2, 0) is 0 Å². The second-order valence-corrected chi connectivity index (χ2v) is 4.92. The van der Waals surface area contributed by atoms with Crippen LogP contribution in [0.3, 0.4) is 0 Å². The molecule has 0 heterocycles. The van der Waals surface area contributed by atoms with E-state index in [1.165, 1.54) is 19.2 Å². The van der Waals surface area contributed by atoms with Gasteiger partial charge in [-0.05, 0) is 18.2 Å². The second kappa shape index (κ2) is 5.67. The van der Waals surface area contributed by atoms with Gasteiger partial charge in [0.2, 0.25) is 0 Å². The topological polar surface area (TPSA) is 35.2 Å². The molecule has 2 aromatic carbocycles. The number of hydrogen-bond donors (Lipinski definition) is 1. The Morgan fingerprint density at radius 1 is 1.16 bits per heavy atom. The van der Waals surface area contributed by atoms with E-state index in [1.807, 2.05) is 0 Å². The summed E-state index contributed by atoms with van der Waals surface area (Å²) in [4.78, 5) is 0. The van der Waals surface area contributed by atoms with E-state index in [0.717, 1.165) is 10.5 Å². The van der Waals surface area contributed by atoms with Crippen molar-refractivity contribution in [1.82, 2.24) is 0 Å². The average Bonchev–Trinajstić information content (AvgIpc) is 2.41. The molecule has 5 heteroatoms. The molecule has 1 atom stereocenters. The first-order chi connectivity index (χ1) is 9.04. The fourth-order valence-electron chi connectivity index (χ4n) is 1.87. The number of methoxy groups -OCH3 is 1. The Bertz CT molecular complexity index is 604. The Kier molecular flexibility index (Phi) is 4.17. The summed E-state index contributed by atoms with van der Waals surface area (Å²) in [6, 6.07) is 8.38. The lowest BCUT2D eigenvalue weighted by Gasteiger charge is -2.17. The minimum Gasteiger partial charge on any atom is -0.496 e. The van der Waals surface area contributed by atoms with Crippen LogP contribution in [0.1, 0.15) is 17.2 Å². The van der Waals surface area contributed by atoms with E-state index in [9.17, 15) is 8.78 Å². The Balaban J connectivity index is 2.49. The van der Waals surface area contributed by atoms with Crippen molar-refractivity contribution in [3.05, 3.63) is 63.6 Å². The first-order valence-electron chi connectivity index (χ1n) is 5.57. The first-order valence-corrected chi connectivity index (χ1v) is 6.37. The van der Waals surface area contributed by atoms with Crippen molar-refractivity contribution in [2.24, 2.45) is 5.73 Å². The van der Waals surface area contributed by atoms with E-state index in [0.29, 0.717) is 11.3 Å². The summed E-state index contributed by atoms with van der Waals surface area (Å²) in [5.74, 6) is -1.32. The van der Waals surface area contributed by atoms with Gasteiger partial charge in [0.25, 0.3) is 0 Å². The third-order valence-corrected chi connectivity index (χ3v) is 3.34. The molecule has 0 fully saturated rings. The van der Waals surface area contributed by atoms with Crippen LogP contribution in [0.15, 0.2) is 40.9 Å². The van der Waals surface area contributed by atoms with Gasteiger partial charge < -0.3 is 10.5 Å². The first kappa shape index (κ1) is 14.0. The second-order valence-electron chi connectivity index (χ2n) is 4.01. The van der Waals surface area contributed by atoms with Gasteiger partial charge in [-0.15, -0.1) is 0 Å². The molecule has 0 spiro atoms. The number of benzene rings is 2. The largest absolute Gasteiger partial charge is 0.496 e. The monoisotopic (exact) mass is 327 g/mol. The Labute approximate surface area is 118 Å². The van der Waals surface area contributed by atoms with Gasteiger partial charge in [0, 0.05) is 15.6 Å². The zero-order valence-corrected chi connectivity index (χ0v) is 11.7. The highest BCUT2D eigenvalue weighted by Crippen LogP contribution is 2.32. The van der Waals surface area contributed by atoms with Crippen LogP contribution in [-0.4, -0.2) is 7.11 Å². The van der Waals surface area contributed by atoms with Gasteiger partial charge in [0.15, 0.2) is 11.6 Å². The molecule has 100 valence electrons. The molecule has 1 unspecified atom stereocenters. The van der Waals surface area contributed by atoms with Gasteiger partial charge in [-0.3, -0.25) is 0 Å². The summed E-state index contributed by atoms with van der Waals surface area (Å²) in [6.45, 7) is 0. The maximum Gasteiger partial charge on any atom is 0.163 e. The van der Waals surface area contributed by atoms with Crippen molar-refractivity contribution < 1.29 is 13.5 Å². The SMILES string of the molecule is COc1cc(Br)ccc1C(N)c1cccc(F)c1F. The predicted molar refractivity (Wildman–Crippen MR) is 73.1 cm³/mol. The maximum atomic E-state index is 13.7.